The lowest BCUT2D eigenvalue weighted by Gasteiger charge is -2.36. The number of guanidine groups is 1. The number of carbonyl (C=O) groups excluding carboxylic acids is 1. The molecule has 1 heterocycles. The Hall–Kier alpha value is -1.91. The topological polar surface area (TPSA) is 69.2 Å². The molecule has 0 aromatic heterocycles. The van der Waals surface area contributed by atoms with Crippen molar-refractivity contribution >= 4 is 46.6 Å². The van der Waals surface area contributed by atoms with Crippen LogP contribution in [-0.4, -0.2) is 81.7 Å². The summed E-state index contributed by atoms with van der Waals surface area (Å²) in [5.74, 6) is 0.955. The molecule has 164 valence electrons. The Bertz CT molecular complexity index is 837. The Morgan fingerprint density at radius 1 is 1.07 bits per heavy atom. The third-order valence-electron chi connectivity index (χ3n) is 5.14. The maximum absolute atomic E-state index is 12.0. The van der Waals surface area contributed by atoms with Crippen LogP contribution in [0.3, 0.4) is 0 Å². The van der Waals surface area contributed by atoms with E-state index in [1.165, 1.54) is 16.3 Å². The Morgan fingerprint density at radius 2 is 1.80 bits per heavy atom. The molecule has 1 amide bonds. The third kappa shape index (κ3) is 7.10. The van der Waals surface area contributed by atoms with E-state index in [4.69, 9.17) is 4.74 Å². The van der Waals surface area contributed by atoms with Crippen molar-refractivity contribution in [2.45, 2.75) is 6.54 Å². The van der Waals surface area contributed by atoms with E-state index in [-0.39, 0.29) is 29.9 Å². The summed E-state index contributed by atoms with van der Waals surface area (Å²) in [6.45, 7) is 5.65. The first-order valence-electron chi connectivity index (χ1n) is 10.1. The smallest absolute Gasteiger partial charge is 0.234 e. The number of piperazine rings is 1. The number of halogens is 1. The lowest BCUT2D eigenvalue weighted by molar-refractivity contribution is -0.122. The maximum Gasteiger partial charge on any atom is 0.234 e. The second kappa shape index (κ2) is 12.7. The van der Waals surface area contributed by atoms with Crippen LogP contribution in [0.15, 0.2) is 47.5 Å². The highest BCUT2D eigenvalue weighted by Crippen LogP contribution is 2.15. The minimum absolute atomic E-state index is 0. The molecule has 0 spiro atoms. The zero-order valence-corrected chi connectivity index (χ0v) is 20.1. The van der Waals surface area contributed by atoms with Gasteiger partial charge in [-0.25, -0.2) is 0 Å². The molecule has 7 nitrogen and oxygen atoms in total. The lowest BCUT2D eigenvalue weighted by atomic mass is 10.1. The van der Waals surface area contributed by atoms with Crippen LogP contribution in [0.1, 0.15) is 5.56 Å². The summed E-state index contributed by atoms with van der Waals surface area (Å²) in [7, 11) is 3.45. The Labute approximate surface area is 195 Å². The monoisotopic (exact) mass is 525 g/mol. The number of fused-ring (bicyclic) bond motifs is 1. The summed E-state index contributed by atoms with van der Waals surface area (Å²) >= 11 is 0. The summed E-state index contributed by atoms with van der Waals surface area (Å²) in [4.78, 5) is 20.8. The first kappa shape index (κ1) is 24.4. The number of nitrogens with zero attached hydrogens (tertiary/aromatic N) is 3. The SMILES string of the molecule is CN=C(NCc1ccc2ccccc2c1)N1CCN(CC(=O)NCCOC)CC1.I. The number of amides is 1. The summed E-state index contributed by atoms with van der Waals surface area (Å²) in [6.07, 6.45) is 0. The highest BCUT2D eigenvalue weighted by atomic mass is 127. The number of carbonyl (C=O) groups is 1. The molecule has 0 saturated carbocycles. The minimum Gasteiger partial charge on any atom is -0.383 e. The van der Waals surface area contributed by atoms with Crippen LogP contribution in [-0.2, 0) is 16.1 Å². The largest absolute Gasteiger partial charge is 0.383 e. The average molecular weight is 525 g/mol. The van der Waals surface area contributed by atoms with E-state index >= 15 is 0 Å². The number of hydrogen-bond acceptors (Lipinski definition) is 4. The predicted molar refractivity (Wildman–Crippen MR) is 132 cm³/mol. The number of rotatable bonds is 7. The molecule has 2 aromatic carbocycles. The van der Waals surface area contributed by atoms with E-state index in [1.54, 1.807) is 7.11 Å². The number of aliphatic imine (C=N–C) groups is 1. The van der Waals surface area contributed by atoms with Gasteiger partial charge in [-0.3, -0.25) is 14.7 Å². The normalized spacial score (nSPS) is 15.0. The van der Waals surface area contributed by atoms with Gasteiger partial charge in [0.25, 0.3) is 0 Å². The van der Waals surface area contributed by atoms with Gasteiger partial charge >= 0.3 is 0 Å². The number of nitrogens with one attached hydrogen (secondary N) is 2. The van der Waals surface area contributed by atoms with E-state index < -0.39 is 0 Å². The Balaban J connectivity index is 0.00000320. The first-order valence-corrected chi connectivity index (χ1v) is 10.1. The fraction of sp³-hybridized carbons (Fsp3) is 0.455. The van der Waals surface area contributed by atoms with Gasteiger partial charge in [-0.15, -0.1) is 24.0 Å². The first-order chi connectivity index (χ1) is 14.2. The van der Waals surface area contributed by atoms with Gasteiger partial charge in [0.1, 0.15) is 0 Å². The van der Waals surface area contributed by atoms with Gasteiger partial charge in [0.2, 0.25) is 5.91 Å². The molecule has 3 rings (SSSR count). The molecule has 0 unspecified atom stereocenters. The number of hydrogen-bond donors (Lipinski definition) is 2. The molecule has 0 bridgehead atoms. The van der Waals surface area contributed by atoms with Gasteiger partial charge in [0.05, 0.1) is 13.2 Å². The van der Waals surface area contributed by atoms with Crippen LogP contribution in [0, 0.1) is 0 Å². The van der Waals surface area contributed by atoms with Crippen LogP contribution in [0.4, 0.5) is 0 Å². The minimum atomic E-state index is 0. The maximum atomic E-state index is 12.0. The van der Waals surface area contributed by atoms with Crippen molar-refractivity contribution in [3.8, 4) is 0 Å². The number of methoxy groups -OCH3 is 1. The lowest BCUT2D eigenvalue weighted by Crippen LogP contribution is -2.54. The third-order valence-corrected chi connectivity index (χ3v) is 5.14. The summed E-state index contributed by atoms with van der Waals surface area (Å²) in [5, 5.41) is 8.85. The van der Waals surface area contributed by atoms with Gasteiger partial charge in [-0.2, -0.15) is 0 Å². The highest BCUT2D eigenvalue weighted by molar-refractivity contribution is 14.0. The van der Waals surface area contributed by atoms with Crippen molar-refractivity contribution < 1.29 is 9.53 Å². The molecule has 1 fully saturated rings. The van der Waals surface area contributed by atoms with Gasteiger partial charge < -0.3 is 20.3 Å². The zero-order valence-electron chi connectivity index (χ0n) is 17.8. The van der Waals surface area contributed by atoms with E-state index in [0.717, 1.165) is 38.7 Å². The van der Waals surface area contributed by atoms with Crippen molar-refractivity contribution in [3.63, 3.8) is 0 Å². The van der Waals surface area contributed by atoms with E-state index in [1.807, 2.05) is 7.05 Å². The van der Waals surface area contributed by atoms with Crippen molar-refractivity contribution in [3.05, 3.63) is 48.0 Å². The average Bonchev–Trinajstić information content (AvgIpc) is 2.75. The molecule has 1 saturated heterocycles. The molecule has 8 heteroatoms. The van der Waals surface area contributed by atoms with Crippen LogP contribution >= 0.6 is 24.0 Å². The Morgan fingerprint density at radius 3 is 2.50 bits per heavy atom. The summed E-state index contributed by atoms with van der Waals surface area (Å²) in [6, 6.07) is 14.9. The standard InChI is InChI=1S/C22H31N5O2.HI/c1-23-22(25-16-18-7-8-19-5-3-4-6-20(19)15-18)27-12-10-26(11-13-27)17-21(28)24-9-14-29-2;/h3-8,15H,9-14,16-17H2,1-2H3,(H,23,25)(H,24,28);1H. The van der Waals surface area contributed by atoms with Crippen molar-refractivity contribution in [2.75, 3.05) is 60.0 Å². The fourth-order valence-corrected chi connectivity index (χ4v) is 3.53. The molecular weight excluding hydrogens is 493 g/mol. The van der Waals surface area contributed by atoms with Crippen LogP contribution in [0.5, 0.6) is 0 Å². The predicted octanol–water partition coefficient (Wildman–Crippen LogP) is 1.91. The fourth-order valence-electron chi connectivity index (χ4n) is 3.53. The zero-order chi connectivity index (χ0) is 20.5. The van der Waals surface area contributed by atoms with Gasteiger partial charge in [-0.05, 0) is 22.4 Å². The van der Waals surface area contributed by atoms with Crippen molar-refractivity contribution in [1.29, 1.82) is 0 Å². The molecule has 2 N–H and O–H groups in total. The molecule has 0 radical (unpaired) electrons. The molecule has 0 aliphatic carbocycles. The van der Waals surface area contributed by atoms with Gasteiger partial charge in [0, 0.05) is 53.4 Å². The van der Waals surface area contributed by atoms with Crippen LogP contribution < -0.4 is 10.6 Å². The molecule has 1 aliphatic heterocycles. The van der Waals surface area contributed by atoms with Crippen molar-refractivity contribution in [1.82, 2.24) is 20.4 Å². The summed E-state index contributed by atoms with van der Waals surface area (Å²) in [5.41, 5.74) is 1.23. The van der Waals surface area contributed by atoms with Crippen LogP contribution in [0.25, 0.3) is 10.8 Å². The second-order valence-corrected chi connectivity index (χ2v) is 7.19. The Kier molecular flexibility index (Phi) is 10.3. The van der Waals surface area contributed by atoms with E-state index in [9.17, 15) is 4.79 Å². The van der Waals surface area contributed by atoms with Gasteiger partial charge in [0.15, 0.2) is 5.96 Å². The molecule has 2 aromatic rings. The van der Waals surface area contributed by atoms with E-state index in [0.29, 0.717) is 19.7 Å². The molecular formula is C22H32IN5O2. The van der Waals surface area contributed by atoms with Gasteiger partial charge in [-0.1, -0.05) is 36.4 Å². The second-order valence-electron chi connectivity index (χ2n) is 7.19. The summed E-state index contributed by atoms with van der Waals surface area (Å²) < 4.78 is 4.96. The molecule has 0 atom stereocenters. The molecule has 1 aliphatic rings. The van der Waals surface area contributed by atoms with Crippen LogP contribution in [0.2, 0.25) is 0 Å². The van der Waals surface area contributed by atoms with Crippen molar-refractivity contribution in [2.24, 2.45) is 4.99 Å². The number of benzene rings is 2. The number of ether oxygens (including phenoxy) is 1. The quantitative estimate of drug-likeness (QED) is 0.250. The molecule has 30 heavy (non-hydrogen) atoms. The highest BCUT2D eigenvalue weighted by Gasteiger charge is 2.21. The van der Waals surface area contributed by atoms with E-state index in [2.05, 4.69) is 67.9 Å².